The van der Waals surface area contributed by atoms with Gasteiger partial charge in [-0.2, -0.15) is 11.8 Å². The van der Waals surface area contributed by atoms with Gasteiger partial charge in [-0.25, -0.2) is 4.99 Å². The highest BCUT2D eigenvalue weighted by Crippen LogP contribution is 2.27. The zero-order chi connectivity index (χ0) is 15.9. The molecule has 1 rings (SSSR count). The minimum atomic E-state index is 0. The van der Waals surface area contributed by atoms with Gasteiger partial charge in [-0.3, -0.25) is 0 Å². The summed E-state index contributed by atoms with van der Waals surface area (Å²) in [7, 11) is 3.23. The van der Waals surface area contributed by atoms with Gasteiger partial charge in [0.05, 0.1) is 20.8 Å². The van der Waals surface area contributed by atoms with Crippen LogP contribution in [0.2, 0.25) is 0 Å². The van der Waals surface area contributed by atoms with Crippen LogP contribution < -0.4 is 20.5 Å². The maximum Gasteiger partial charge on any atom is 0.188 e. The highest BCUT2D eigenvalue weighted by atomic mass is 127. The molecule has 1 aromatic carbocycles. The first-order valence-corrected chi connectivity index (χ1v) is 7.94. The molecule has 0 aliphatic heterocycles. The second kappa shape index (κ2) is 10.0. The second-order valence-corrected chi connectivity index (χ2v) is 6.72. The number of hydrogen-bond donors (Lipinski definition) is 2. The van der Waals surface area contributed by atoms with E-state index in [0.717, 1.165) is 12.1 Å². The number of halogens is 1. The topological polar surface area (TPSA) is 68.9 Å². The van der Waals surface area contributed by atoms with E-state index in [9.17, 15) is 0 Å². The van der Waals surface area contributed by atoms with Crippen molar-refractivity contribution < 1.29 is 9.47 Å². The van der Waals surface area contributed by atoms with Crippen molar-refractivity contribution in [2.75, 3.05) is 27.0 Å². The molecule has 1 aromatic rings. The Bertz CT molecular complexity index is 496. The standard InChI is InChI=1S/C15H25N3O2S.HI/c1-15(2,21-5)10-18-14(16)17-9-11-6-7-12(19-3)13(8-11)20-4;/h6-8H,9-10H2,1-5H3,(H3,16,17,18);1H. The van der Waals surface area contributed by atoms with E-state index >= 15 is 0 Å². The molecule has 0 bridgehead atoms. The lowest BCUT2D eigenvalue weighted by Gasteiger charge is -2.22. The SMILES string of the molecule is COc1ccc(CN=C(N)NCC(C)(C)SC)cc1OC.I. The van der Waals surface area contributed by atoms with Gasteiger partial charge in [0.2, 0.25) is 0 Å². The molecule has 0 amide bonds. The zero-order valence-electron chi connectivity index (χ0n) is 13.8. The maximum absolute atomic E-state index is 5.88. The summed E-state index contributed by atoms with van der Waals surface area (Å²) in [5.41, 5.74) is 6.90. The summed E-state index contributed by atoms with van der Waals surface area (Å²) >= 11 is 1.79. The van der Waals surface area contributed by atoms with Crippen LogP contribution in [0.25, 0.3) is 0 Å². The average Bonchev–Trinajstić information content (AvgIpc) is 2.50. The third-order valence-corrected chi connectivity index (χ3v) is 4.38. The largest absolute Gasteiger partial charge is 0.493 e. The van der Waals surface area contributed by atoms with E-state index in [-0.39, 0.29) is 28.7 Å². The maximum atomic E-state index is 5.88. The average molecular weight is 439 g/mol. The van der Waals surface area contributed by atoms with Crippen molar-refractivity contribution >= 4 is 41.7 Å². The molecule has 0 aliphatic rings. The summed E-state index contributed by atoms with van der Waals surface area (Å²) in [5.74, 6) is 1.85. The van der Waals surface area contributed by atoms with Crippen LogP contribution in [-0.4, -0.2) is 37.7 Å². The van der Waals surface area contributed by atoms with E-state index < -0.39 is 0 Å². The van der Waals surface area contributed by atoms with E-state index in [1.807, 2.05) is 18.2 Å². The highest BCUT2D eigenvalue weighted by molar-refractivity contribution is 14.0. The number of guanidine groups is 1. The van der Waals surface area contributed by atoms with Gasteiger partial charge in [-0.1, -0.05) is 6.07 Å². The number of nitrogens with zero attached hydrogens (tertiary/aromatic N) is 1. The third kappa shape index (κ3) is 6.95. The Labute approximate surface area is 154 Å². The van der Waals surface area contributed by atoms with Gasteiger partial charge in [0.25, 0.3) is 0 Å². The van der Waals surface area contributed by atoms with E-state index in [0.29, 0.717) is 24.0 Å². The van der Waals surface area contributed by atoms with Crippen molar-refractivity contribution in [1.29, 1.82) is 0 Å². The summed E-state index contributed by atoms with van der Waals surface area (Å²) in [6.45, 7) is 5.59. The highest BCUT2D eigenvalue weighted by Gasteiger charge is 2.15. The van der Waals surface area contributed by atoms with E-state index in [4.69, 9.17) is 15.2 Å². The molecule has 0 saturated heterocycles. The fourth-order valence-corrected chi connectivity index (χ4v) is 1.80. The predicted octanol–water partition coefficient (Wildman–Crippen LogP) is 2.87. The lowest BCUT2D eigenvalue weighted by Crippen LogP contribution is -2.40. The molecule has 0 atom stereocenters. The lowest BCUT2D eigenvalue weighted by atomic mass is 10.2. The molecule has 0 saturated carbocycles. The van der Waals surface area contributed by atoms with Crippen LogP contribution in [0, 0.1) is 0 Å². The number of methoxy groups -OCH3 is 2. The number of rotatable bonds is 7. The van der Waals surface area contributed by atoms with Gasteiger partial charge in [0, 0.05) is 11.3 Å². The van der Waals surface area contributed by atoms with Crippen LogP contribution in [0.1, 0.15) is 19.4 Å². The van der Waals surface area contributed by atoms with Crippen molar-refractivity contribution in [3.05, 3.63) is 23.8 Å². The minimum Gasteiger partial charge on any atom is -0.493 e. The molecule has 0 aromatic heterocycles. The molecule has 0 fully saturated rings. The van der Waals surface area contributed by atoms with E-state index in [1.54, 1.807) is 26.0 Å². The molecule has 0 aliphatic carbocycles. The Balaban J connectivity index is 0.00000441. The van der Waals surface area contributed by atoms with Gasteiger partial charge in [0.15, 0.2) is 17.5 Å². The number of nitrogens with two attached hydrogens (primary N) is 1. The molecule has 126 valence electrons. The Morgan fingerprint density at radius 3 is 2.45 bits per heavy atom. The first-order chi connectivity index (χ1) is 9.91. The summed E-state index contributed by atoms with van der Waals surface area (Å²) in [6.07, 6.45) is 2.08. The molecule has 3 N–H and O–H groups in total. The molecule has 7 heteroatoms. The molecule has 0 radical (unpaired) electrons. The number of aliphatic imine (C=N–C) groups is 1. The first kappa shape index (κ1) is 21.2. The number of benzene rings is 1. The monoisotopic (exact) mass is 439 g/mol. The summed E-state index contributed by atoms with van der Waals surface area (Å²) in [4.78, 5) is 4.34. The Kier molecular flexibility index (Phi) is 9.66. The lowest BCUT2D eigenvalue weighted by molar-refractivity contribution is 0.354. The molecule has 22 heavy (non-hydrogen) atoms. The Morgan fingerprint density at radius 2 is 1.91 bits per heavy atom. The molecular formula is C15H26IN3O2S. The molecule has 0 unspecified atom stereocenters. The van der Waals surface area contributed by atoms with Gasteiger partial charge in [0.1, 0.15) is 0 Å². The van der Waals surface area contributed by atoms with Crippen LogP contribution in [0.5, 0.6) is 11.5 Å². The van der Waals surface area contributed by atoms with Crippen LogP contribution in [-0.2, 0) is 6.54 Å². The third-order valence-electron chi connectivity index (χ3n) is 3.13. The smallest absolute Gasteiger partial charge is 0.188 e. The van der Waals surface area contributed by atoms with Crippen LogP contribution >= 0.6 is 35.7 Å². The number of nitrogens with one attached hydrogen (secondary N) is 1. The number of hydrogen-bond acceptors (Lipinski definition) is 4. The van der Waals surface area contributed by atoms with Crippen LogP contribution in [0.3, 0.4) is 0 Å². The fourth-order valence-electron chi connectivity index (χ4n) is 1.59. The van der Waals surface area contributed by atoms with Gasteiger partial charge in [-0.05, 0) is 37.8 Å². The second-order valence-electron chi connectivity index (χ2n) is 5.21. The molecular weight excluding hydrogens is 413 g/mol. The van der Waals surface area contributed by atoms with E-state index in [2.05, 4.69) is 30.4 Å². The van der Waals surface area contributed by atoms with Gasteiger partial charge < -0.3 is 20.5 Å². The molecule has 5 nitrogen and oxygen atoms in total. The van der Waals surface area contributed by atoms with Crippen molar-refractivity contribution in [3.8, 4) is 11.5 Å². The first-order valence-electron chi connectivity index (χ1n) is 6.71. The summed E-state index contributed by atoms with van der Waals surface area (Å²) in [5, 5.41) is 3.15. The Morgan fingerprint density at radius 1 is 1.27 bits per heavy atom. The van der Waals surface area contributed by atoms with Gasteiger partial charge in [-0.15, -0.1) is 24.0 Å². The predicted molar refractivity (Wildman–Crippen MR) is 106 cm³/mol. The summed E-state index contributed by atoms with van der Waals surface area (Å²) < 4.78 is 10.6. The normalized spacial score (nSPS) is 11.6. The quantitative estimate of drug-likeness (QED) is 0.389. The van der Waals surface area contributed by atoms with Crippen molar-refractivity contribution in [2.24, 2.45) is 10.7 Å². The van der Waals surface area contributed by atoms with Crippen LogP contribution in [0.4, 0.5) is 0 Å². The van der Waals surface area contributed by atoms with Crippen molar-refractivity contribution in [1.82, 2.24) is 5.32 Å². The van der Waals surface area contributed by atoms with E-state index in [1.165, 1.54) is 0 Å². The zero-order valence-corrected chi connectivity index (χ0v) is 17.0. The van der Waals surface area contributed by atoms with Crippen molar-refractivity contribution in [2.45, 2.75) is 25.1 Å². The van der Waals surface area contributed by atoms with Crippen molar-refractivity contribution in [3.63, 3.8) is 0 Å². The number of ether oxygens (including phenoxy) is 2. The molecule has 0 spiro atoms. The summed E-state index contributed by atoms with van der Waals surface area (Å²) in [6, 6.07) is 5.72. The number of thioether (sulfide) groups is 1. The van der Waals surface area contributed by atoms with Crippen LogP contribution in [0.15, 0.2) is 23.2 Å². The Hall–Kier alpha value is -0.830. The minimum absolute atomic E-state index is 0. The molecule has 0 heterocycles. The fraction of sp³-hybridized carbons (Fsp3) is 0.533. The van der Waals surface area contributed by atoms with Gasteiger partial charge >= 0.3 is 0 Å².